The van der Waals surface area contributed by atoms with Crippen LogP contribution in [0.1, 0.15) is 32.9 Å². The number of amidine groups is 1. The Kier molecular flexibility index (Phi) is 7.89. The Morgan fingerprint density at radius 2 is 1.77 bits per heavy atom. The summed E-state index contributed by atoms with van der Waals surface area (Å²) in [5, 5.41) is 1.77. The number of benzene rings is 3. The lowest BCUT2D eigenvalue weighted by Crippen LogP contribution is -2.31. The summed E-state index contributed by atoms with van der Waals surface area (Å²) in [6.45, 7) is 4.33. The van der Waals surface area contributed by atoms with E-state index in [0.29, 0.717) is 28.6 Å². The molecular weight excluding hydrogens is 558 g/mol. The van der Waals surface area contributed by atoms with Crippen molar-refractivity contribution in [3.8, 4) is 5.75 Å². The molecule has 9 heteroatoms. The van der Waals surface area contributed by atoms with Gasteiger partial charge in [-0.3, -0.25) is 24.6 Å². The van der Waals surface area contributed by atoms with Crippen LogP contribution in [-0.4, -0.2) is 45.2 Å². The second kappa shape index (κ2) is 12.1. The van der Waals surface area contributed by atoms with Crippen molar-refractivity contribution in [2.75, 3.05) is 19.1 Å². The maximum atomic E-state index is 13.9. The maximum Gasteiger partial charge on any atom is 0.270 e. The molecule has 2 N–H and O–H groups in total. The number of fused-ring (bicyclic) bond motifs is 1. The van der Waals surface area contributed by atoms with Crippen LogP contribution in [0, 0.1) is 13.8 Å². The molecule has 3 aromatic carbocycles. The highest BCUT2D eigenvalue weighted by molar-refractivity contribution is 8.18. The molecule has 2 aromatic heterocycles. The minimum atomic E-state index is -0.203. The molecule has 6 rings (SSSR count). The molecule has 0 aliphatic carbocycles. The molecule has 5 aromatic rings. The van der Waals surface area contributed by atoms with Gasteiger partial charge in [-0.25, -0.2) is 4.99 Å². The van der Waals surface area contributed by atoms with Crippen LogP contribution in [0.3, 0.4) is 0 Å². The lowest BCUT2D eigenvalue weighted by Gasteiger charge is -2.15. The molecule has 43 heavy (non-hydrogen) atoms. The zero-order valence-electron chi connectivity index (χ0n) is 24.1. The Bertz CT molecular complexity index is 1870. The van der Waals surface area contributed by atoms with Gasteiger partial charge in [-0.2, -0.15) is 0 Å². The number of aryl methyl sites for hydroxylation is 1. The molecule has 0 radical (unpaired) electrons. The van der Waals surface area contributed by atoms with Gasteiger partial charge < -0.3 is 9.72 Å². The van der Waals surface area contributed by atoms with Crippen molar-refractivity contribution in [1.29, 1.82) is 0 Å². The average molecular weight is 590 g/mol. The predicted octanol–water partition coefficient (Wildman–Crippen LogP) is 6.83. The SMILES string of the molecule is COc1ccc(N=C2S/C(=C\c3cc(C)n(NC(=O)c4ccccc4)c3C)C(=O)N2CCc2c[nH]c3ccccc23)cc1. The minimum absolute atomic E-state index is 0.102. The number of aromatic amines is 1. The van der Waals surface area contributed by atoms with Crippen molar-refractivity contribution >= 4 is 51.4 Å². The van der Waals surface area contributed by atoms with Gasteiger partial charge in [-0.1, -0.05) is 36.4 Å². The van der Waals surface area contributed by atoms with Gasteiger partial charge in [0, 0.05) is 40.6 Å². The van der Waals surface area contributed by atoms with Crippen molar-refractivity contribution in [3.05, 3.63) is 124 Å². The molecule has 0 unspecified atom stereocenters. The monoisotopic (exact) mass is 589 g/mol. The van der Waals surface area contributed by atoms with E-state index >= 15 is 0 Å². The number of carbonyl (C=O) groups is 2. The van der Waals surface area contributed by atoms with E-state index in [1.165, 1.54) is 11.8 Å². The third-order valence-electron chi connectivity index (χ3n) is 7.47. The normalized spacial score (nSPS) is 15.1. The van der Waals surface area contributed by atoms with E-state index in [2.05, 4.69) is 16.5 Å². The summed E-state index contributed by atoms with van der Waals surface area (Å²) in [5.74, 6) is 0.436. The fourth-order valence-electron chi connectivity index (χ4n) is 5.13. The second-order valence-electron chi connectivity index (χ2n) is 10.2. The summed E-state index contributed by atoms with van der Waals surface area (Å²) in [4.78, 5) is 37.2. The molecule has 1 saturated heterocycles. The Balaban J connectivity index is 1.29. The fourth-order valence-corrected chi connectivity index (χ4v) is 6.14. The number of methoxy groups -OCH3 is 1. The zero-order chi connectivity index (χ0) is 29.9. The molecular formula is C34H31N5O3S. The van der Waals surface area contributed by atoms with Gasteiger partial charge in [0.15, 0.2) is 5.17 Å². The highest BCUT2D eigenvalue weighted by Crippen LogP contribution is 2.35. The van der Waals surface area contributed by atoms with E-state index in [1.54, 1.807) is 28.8 Å². The molecule has 1 aliphatic heterocycles. The second-order valence-corrected chi connectivity index (χ2v) is 11.2. The molecule has 0 bridgehead atoms. The molecule has 0 spiro atoms. The van der Waals surface area contributed by atoms with Crippen LogP contribution >= 0.6 is 11.8 Å². The smallest absolute Gasteiger partial charge is 0.270 e. The number of aromatic nitrogens is 2. The number of hydrogen-bond donors (Lipinski definition) is 2. The van der Waals surface area contributed by atoms with Crippen molar-refractivity contribution in [2.45, 2.75) is 20.3 Å². The summed E-state index contributed by atoms with van der Waals surface area (Å²) >= 11 is 1.35. The first-order valence-corrected chi connectivity index (χ1v) is 14.8. The van der Waals surface area contributed by atoms with E-state index in [-0.39, 0.29) is 11.8 Å². The van der Waals surface area contributed by atoms with Crippen LogP contribution in [0.2, 0.25) is 0 Å². The number of ether oxygens (including phenoxy) is 1. The number of rotatable bonds is 8. The fraction of sp³-hybridized carbons (Fsp3) is 0.147. The van der Waals surface area contributed by atoms with Gasteiger partial charge in [0.2, 0.25) is 0 Å². The topological polar surface area (TPSA) is 91.7 Å². The average Bonchev–Trinajstić information content (AvgIpc) is 3.66. The van der Waals surface area contributed by atoms with Gasteiger partial charge in [0.25, 0.3) is 11.8 Å². The summed E-state index contributed by atoms with van der Waals surface area (Å²) in [7, 11) is 1.62. The Hall–Kier alpha value is -5.02. The third kappa shape index (κ3) is 5.85. The number of hydrogen-bond acceptors (Lipinski definition) is 5. The number of para-hydroxylation sites is 1. The van der Waals surface area contributed by atoms with Crippen LogP contribution in [0.4, 0.5) is 5.69 Å². The standard InChI is InChI=1S/C34H31N5O3S/c1-22-19-26(23(2)39(22)37-32(40)24-9-5-4-6-10-24)20-31-33(41)38(18-17-25-21-35-30-12-8-7-11-29(25)30)34(43-31)36-27-13-15-28(42-3)16-14-27/h4-16,19-21,35H,17-18H2,1-3H3,(H,37,40)/b31-20-,36-34?. The summed E-state index contributed by atoms with van der Waals surface area (Å²) in [6, 6.07) is 26.7. The Morgan fingerprint density at radius 3 is 2.53 bits per heavy atom. The number of aliphatic imine (C=N–C) groups is 1. The van der Waals surface area contributed by atoms with Crippen molar-refractivity contribution in [3.63, 3.8) is 0 Å². The molecule has 1 fully saturated rings. The molecule has 0 atom stereocenters. The molecule has 216 valence electrons. The summed E-state index contributed by atoms with van der Waals surface area (Å²) < 4.78 is 7.05. The maximum absolute atomic E-state index is 13.9. The Morgan fingerprint density at radius 1 is 1.02 bits per heavy atom. The molecule has 0 saturated carbocycles. The van der Waals surface area contributed by atoms with Gasteiger partial charge >= 0.3 is 0 Å². The predicted molar refractivity (Wildman–Crippen MR) is 173 cm³/mol. The highest BCUT2D eigenvalue weighted by Gasteiger charge is 2.33. The number of thioether (sulfide) groups is 1. The van der Waals surface area contributed by atoms with Crippen LogP contribution < -0.4 is 10.2 Å². The van der Waals surface area contributed by atoms with Crippen LogP contribution in [0.15, 0.2) is 101 Å². The number of nitrogens with one attached hydrogen (secondary N) is 2. The van der Waals surface area contributed by atoms with Crippen LogP contribution in [0.5, 0.6) is 5.75 Å². The van der Waals surface area contributed by atoms with E-state index in [4.69, 9.17) is 9.73 Å². The minimum Gasteiger partial charge on any atom is -0.497 e. The van der Waals surface area contributed by atoms with Gasteiger partial charge in [-0.15, -0.1) is 0 Å². The van der Waals surface area contributed by atoms with Crippen molar-refractivity contribution < 1.29 is 14.3 Å². The first-order valence-electron chi connectivity index (χ1n) is 14.0. The lowest BCUT2D eigenvalue weighted by molar-refractivity contribution is -0.122. The van der Waals surface area contributed by atoms with Gasteiger partial charge in [-0.05, 0) is 97.8 Å². The van der Waals surface area contributed by atoms with E-state index in [0.717, 1.165) is 44.9 Å². The molecule has 2 amide bonds. The number of carbonyl (C=O) groups excluding carboxylic acids is 2. The van der Waals surface area contributed by atoms with Crippen molar-refractivity contribution in [2.24, 2.45) is 4.99 Å². The first kappa shape index (κ1) is 28.1. The van der Waals surface area contributed by atoms with Crippen LogP contribution in [0.25, 0.3) is 17.0 Å². The van der Waals surface area contributed by atoms with E-state index in [9.17, 15) is 9.59 Å². The first-order chi connectivity index (χ1) is 20.9. The number of H-pyrrole nitrogens is 1. The summed E-state index contributed by atoms with van der Waals surface area (Å²) in [5.41, 5.74) is 9.02. The van der Waals surface area contributed by atoms with E-state index < -0.39 is 0 Å². The highest BCUT2D eigenvalue weighted by atomic mass is 32.2. The Labute approximate surface area is 254 Å². The zero-order valence-corrected chi connectivity index (χ0v) is 24.9. The van der Waals surface area contributed by atoms with Gasteiger partial charge in [0.05, 0.1) is 17.7 Å². The summed E-state index contributed by atoms with van der Waals surface area (Å²) in [6.07, 6.45) is 4.56. The van der Waals surface area contributed by atoms with Gasteiger partial charge in [0.1, 0.15) is 5.75 Å². The van der Waals surface area contributed by atoms with Crippen molar-refractivity contribution in [1.82, 2.24) is 14.6 Å². The van der Waals surface area contributed by atoms with E-state index in [1.807, 2.05) is 92.9 Å². The quantitative estimate of drug-likeness (QED) is 0.194. The third-order valence-corrected chi connectivity index (χ3v) is 8.48. The number of amides is 2. The molecule has 1 aliphatic rings. The molecule has 8 nitrogen and oxygen atoms in total. The number of nitrogens with zero attached hydrogens (tertiary/aromatic N) is 3. The lowest BCUT2D eigenvalue weighted by atomic mass is 10.1. The van der Waals surface area contributed by atoms with Crippen LogP contribution in [-0.2, 0) is 11.2 Å². The molecule has 3 heterocycles. The largest absolute Gasteiger partial charge is 0.497 e.